The van der Waals surface area contributed by atoms with Crippen molar-refractivity contribution < 1.29 is 13.6 Å². The second-order valence-corrected chi connectivity index (χ2v) is 9.57. The molecule has 1 amide bonds. The molecule has 0 aliphatic rings. The molecule has 10 heteroatoms. The van der Waals surface area contributed by atoms with Crippen LogP contribution in [0.5, 0.6) is 0 Å². The molecule has 186 valence electrons. The van der Waals surface area contributed by atoms with Gasteiger partial charge in [-0.1, -0.05) is 12.1 Å². The Balaban J connectivity index is 1.28. The Morgan fingerprint density at radius 3 is 2.76 bits per heavy atom. The second kappa shape index (κ2) is 10.3. The van der Waals surface area contributed by atoms with E-state index in [0.29, 0.717) is 29.2 Å². The van der Waals surface area contributed by atoms with Crippen molar-refractivity contribution in [2.24, 2.45) is 0 Å². The van der Waals surface area contributed by atoms with Gasteiger partial charge < -0.3 is 16.4 Å². The van der Waals surface area contributed by atoms with E-state index in [0.717, 1.165) is 38.4 Å². The van der Waals surface area contributed by atoms with Crippen LogP contribution in [-0.2, 0) is 6.54 Å². The molecule has 0 saturated heterocycles. The minimum atomic E-state index is -0.960. The standard InChI is InChI=1S/C27H22F2N6OS/c1-15(16-2-5-21(28)22(29)11-16)35-27(36)20-13-31-9-8-24(20)32-12-18-4-7-25(37-18)17-3-6-23-19(10-17)26(30)34-14-33-23/h2-11,13-15H,12H2,1H3,(H,31,32)(H,35,36)(H2,30,33,34). The number of hydrogen-bond acceptors (Lipinski definition) is 7. The molecule has 0 bridgehead atoms. The molecular formula is C27H22F2N6OS. The van der Waals surface area contributed by atoms with Crippen LogP contribution >= 0.6 is 11.3 Å². The number of fused-ring (bicyclic) bond motifs is 1. The summed E-state index contributed by atoms with van der Waals surface area (Å²) >= 11 is 1.62. The number of nitrogen functional groups attached to an aromatic ring is 1. The summed E-state index contributed by atoms with van der Waals surface area (Å²) in [6.45, 7) is 2.19. The number of anilines is 2. The zero-order valence-corrected chi connectivity index (χ0v) is 20.5. The summed E-state index contributed by atoms with van der Waals surface area (Å²) in [5, 5.41) is 6.92. The van der Waals surface area contributed by atoms with E-state index in [9.17, 15) is 13.6 Å². The molecule has 1 atom stereocenters. The van der Waals surface area contributed by atoms with Gasteiger partial charge in [0.1, 0.15) is 12.1 Å². The number of amides is 1. The van der Waals surface area contributed by atoms with Crippen molar-refractivity contribution in [3.05, 3.63) is 101 Å². The van der Waals surface area contributed by atoms with Crippen LogP contribution < -0.4 is 16.4 Å². The quantitative estimate of drug-likeness (QED) is 0.256. The Morgan fingerprint density at radius 1 is 1.05 bits per heavy atom. The fourth-order valence-electron chi connectivity index (χ4n) is 3.91. The maximum absolute atomic E-state index is 13.6. The van der Waals surface area contributed by atoms with Gasteiger partial charge in [-0.3, -0.25) is 9.78 Å². The van der Waals surface area contributed by atoms with Gasteiger partial charge >= 0.3 is 0 Å². The summed E-state index contributed by atoms with van der Waals surface area (Å²) in [6, 6.07) is 14.7. The number of carbonyl (C=O) groups excluding carboxylic acids is 1. The maximum Gasteiger partial charge on any atom is 0.255 e. The highest BCUT2D eigenvalue weighted by Gasteiger charge is 2.17. The highest BCUT2D eigenvalue weighted by atomic mass is 32.1. The maximum atomic E-state index is 13.6. The molecule has 7 nitrogen and oxygen atoms in total. The number of nitrogens with one attached hydrogen (secondary N) is 2. The molecule has 4 N–H and O–H groups in total. The number of halogens is 2. The molecule has 1 unspecified atom stereocenters. The molecule has 37 heavy (non-hydrogen) atoms. The number of carbonyl (C=O) groups is 1. The van der Waals surface area contributed by atoms with Gasteiger partial charge in [0.15, 0.2) is 11.6 Å². The van der Waals surface area contributed by atoms with E-state index in [2.05, 4.69) is 25.6 Å². The summed E-state index contributed by atoms with van der Waals surface area (Å²) in [4.78, 5) is 27.5. The number of benzene rings is 2. The highest BCUT2D eigenvalue weighted by molar-refractivity contribution is 7.15. The van der Waals surface area contributed by atoms with E-state index in [4.69, 9.17) is 5.73 Å². The largest absolute Gasteiger partial charge is 0.383 e. The molecule has 0 saturated carbocycles. The summed E-state index contributed by atoms with van der Waals surface area (Å²) in [5.41, 5.74) is 9.22. The smallest absolute Gasteiger partial charge is 0.255 e. The van der Waals surface area contributed by atoms with Crippen LogP contribution in [-0.4, -0.2) is 20.9 Å². The van der Waals surface area contributed by atoms with Crippen molar-refractivity contribution in [2.75, 3.05) is 11.1 Å². The summed E-state index contributed by atoms with van der Waals surface area (Å²) in [5.74, 6) is -1.84. The van der Waals surface area contributed by atoms with Gasteiger partial charge in [-0.05, 0) is 60.5 Å². The predicted octanol–water partition coefficient (Wildman–Crippen LogP) is 5.72. The molecule has 5 rings (SSSR count). The molecule has 5 aromatic rings. The van der Waals surface area contributed by atoms with Crippen molar-refractivity contribution in [2.45, 2.75) is 19.5 Å². The van der Waals surface area contributed by atoms with Crippen LogP contribution in [0.15, 0.2) is 73.3 Å². The van der Waals surface area contributed by atoms with E-state index in [1.807, 2.05) is 30.3 Å². The van der Waals surface area contributed by atoms with E-state index in [1.165, 1.54) is 18.6 Å². The fraction of sp³-hybridized carbons (Fsp3) is 0.111. The highest BCUT2D eigenvalue weighted by Crippen LogP contribution is 2.31. The third-order valence-corrected chi connectivity index (χ3v) is 7.06. The van der Waals surface area contributed by atoms with Gasteiger partial charge in [0, 0.05) is 34.1 Å². The van der Waals surface area contributed by atoms with Crippen molar-refractivity contribution in [3.63, 3.8) is 0 Å². The Morgan fingerprint density at radius 2 is 1.92 bits per heavy atom. The molecule has 0 aliphatic heterocycles. The van der Waals surface area contributed by atoms with Crippen LogP contribution in [0.2, 0.25) is 0 Å². The lowest BCUT2D eigenvalue weighted by Crippen LogP contribution is -2.27. The first-order chi connectivity index (χ1) is 17.9. The molecule has 0 aliphatic carbocycles. The first-order valence-corrected chi connectivity index (χ1v) is 12.2. The monoisotopic (exact) mass is 516 g/mol. The zero-order chi connectivity index (χ0) is 25.9. The van der Waals surface area contributed by atoms with E-state index in [-0.39, 0.29) is 5.91 Å². The summed E-state index contributed by atoms with van der Waals surface area (Å²) < 4.78 is 26.9. The number of hydrogen-bond donors (Lipinski definition) is 3. The molecule has 0 spiro atoms. The number of pyridine rings is 1. The van der Waals surface area contributed by atoms with Gasteiger partial charge in [0.25, 0.3) is 5.91 Å². The lowest BCUT2D eigenvalue weighted by molar-refractivity contribution is 0.0940. The van der Waals surface area contributed by atoms with Crippen molar-refractivity contribution >= 4 is 39.7 Å². The minimum absolute atomic E-state index is 0.346. The summed E-state index contributed by atoms with van der Waals surface area (Å²) in [7, 11) is 0. The molecule has 0 fully saturated rings. The Bertz CT molecular complexity index is 1610. The third-order valence-electron chi connectivity index (χ3n) is 5.92. The number of thiophene rings is 1. The predicted molar refractivity (Wildman–Crippen MR) is 141 cm³/mol. The SMILES string of the molecule is CC(NC(=O)c1cnccc1NCc1ccc(-c2ccc3ncnc(N)c3c2)s1)c1ccc(F)c(F)c1. The molecular weight excluding hydrogens is 494 g/mol. The third kappa shape index (κ3) is 5.24. The first kappa shape index (κ1) is 24.3. The van der Waals surface area contributed by atoms with Gasteiger partial charge in [-0.2, -0.15) is 0 Å². The van der Waals surface area contributed by atoms with Gasteiger partial charge in [0.05, 0.1) is 22.8 Å². The fourth-order valence-corrected chi connectivity index (χ4v) is 4.85. The van der Waals surface area contributed by atoms with Gasteiger partial charge in [0.2, 0.25) is 0 Å². The first-order valence-electron chi connectivity index (χ1n) is 11.4. The Kier molecular flexibility index (Phi) is 6.74. The van der Waals surface area contributed by atoms with Crippen LogP contribution in [0.1, 0.15) is 33.8 Å². The van der Waals surface area contributed by atoms with E-state index < -0.39 is 17.7 Å². The minimum Gasteiger partial charge on any atom is -0.383 e. The molecule has 0 radical (unpaired) electrons. The number of rotatable bonds is 7. The Labute approximate surface area is 215 Å². The lowest BCUT2D eigenvalue weighted by atomic mass is 10.1. The van der Waals surface area contributed by atoms with Gasteiger partial charge in [-0.15, -0.1) is 11.3 Å². The van der Waals surface area contributed by atoms with Crippen LogP contribution in [0.3, 0.4) is 0 Å². The van der Waals surface area contributed by atoms with Crippen molar-refractivity contribution in [1.82, 2.24) is 20.3 Å². The number of nitrogens with two attached hydrogens (primary N) is 1. The van der Waals surface area contributed by atoms with Crippen LogP contribution in [0.25, 0.3) is 21.3 Å². The van der Waals surface area contributed by atoms with Crippen molar-refractivity contribution in [1.29, 1.82) is 0 Å². The van der Waals surface area contributed by atoms with Gasteiger partial charge in [-0.25, -0.2) is 18.7 Å². The number of nitrogens with zero attached hydrogens (tertiary/aromatic N) is 3. The number of aromatic nitrogens is 3. The molecule has 3 heterocycles. The zero-order valence-electron chi connectivity index (χ0n) is 19.7. The van der Waals surface area contributed by atoms with Crippen molar-refractivity contribution in [3.8, 4) is 10.4 Å². The van der Waals surface area contributed by atoms with E-state index in [1.54, 1.807) is 30.5 Å². The van der Waals surface area contributed by atoms with E-state index >= 15 is 0 Å². The topological polar surface area (TPSA) is 106 Å². The van der Waals surface area contributed by atoms with Crippen LogP contribution in [0, 0.1) is 11.6 Å². The normalized spacial score (nSPS) is 11.9. The molecule has 3 aromatic heterocycles. The second-order valence-electron chi connectivity index (χ2n) is 8.40. The Hall–Kier alpha value is -4.44. The lowest BCUT2D eigenvalue weighted by Gasteiger charge is -2.16. The summed E-state index contributed by atoms with van der Waals surface area (Å²) in [6.07, 6.45) is 4.51. The average Bonchev–Trinajstić information content (AvgIpc) is 3.38. The average molecular weight is 517 g/mol. The molecule has 2 aromatic carbocycles. The van der Waals surface area contributed by atoms with Crippen LogP contribution in [0.4, 0.5) is 20.3 Å².